The number of halogens is 2. The van der Waals surface area contributed by atoms with E-state index >= 15 is 0 Å². The zero-order valence-corrected chi connectivity index (χ0v) is 19.2. The fourth-order valence-corrected chi connectivity index (χ4v) is 6.11. The molecule has 34 heavy (non-hydrogen) atoms. The van der Waals surface area contributed by atoms with Crippen LogP contribution in [-0.4, -0.2) is 56.7 Å². The number of nitrogens with zero attached hydrogens (tertiary/aromatic N) is 4. The molecule has 12 heteroatoms. The largest absolute Gasteiger partial charge is 0.393 e. The minimum atomic E-state index is -3.10. The predicted molar refractivity (Wildman–Crippen MR) is 124 cm³/mol. The average Bonchev–Trinajstić information content (AvgIpc) is 3.14. The molecule has 2 aromatic heterocycles. The van der Waals surface area contributed by atoms with E-state index in [2.05, 4.69) is 25.6 Å². The van der Waals surface area contributed by atoms with E-state index in [9.17, 15) is 22.3 Å². The highest BCUT2D eigenvalue weighted by atomic mass is 32.2. The highest BCUT2D eigenvalue weighted by Gasteiger charge is 2.29. The van der Waals surface area contributed by atoms with Crippen LogP contribution in [0.25, 0.3) is 11.2 Å². The molecule has 3 aromatic rings. The van der Waals surface area contributed by atoms with Crippen molar-refractivity contribution in [2.75, 3.05) is 22.1 Å². The third kappa shape index (κ3) is 4.83. The summed E-state index contributed by atoms with van der Waals surface area (Å²) in [5, 5.41) is 16.0. The monoisotopic (exact) mass is 492 g/mol. The van der Waals surface area contributed by atoms with E-state index in [1.54, 1.807) is 10.8 Å². The molecule has 2 fully saturated rings. The first kappa shape index (κ1) is 22.9. The van der Waals surface area contributed by atoms with Gasteiger partial charge in [0.05, 0.1) is 29.5 Å². The number of imidazole rings is 1. The first-order valence-corrected chi connectivity index (χ1v) is 13.2. The quantitative estimate of drug-likeness (QED) is 0.496. The first-order chi connectivity index (χ1) is 16.3. The number of aliphatic hydroxyl groups excluding tert-OH is 1. The van der Waals surface area contributed by atoms with Crippen molar-refractivity contribution >= 4 is 38.6 Å². The van der Waals surface area contributed by atoms with Crippen molar-refractivity contribution in [1.29, 1.82) is 0 Å². The summed E-state index contributed by atoms with van der Waals surface area (Å²) in [4.78, 5) is 13.6. The molecule has 2 aliphatic rings. The molecule has 0 radical (unpaired) electrons. The fourth-order valence-electron chi connectivity index (χ4n) is 4.64. The Morgan fingerprint density at radius 2 is 1.76 bits per heavy atom. The number of anilines is 3. The fraction of sp³-hybridized carbons (Fsp3) is 0.500. The van der Waals surface area contributed by atoms with Gasteiger partial charge in [-0.05, 0) is 50.7 Å². The van der Waals surface area contributed by atoms with Crippen LogP contribution >= 0.6 is 0 Å². The Kier molecular flexibility index (Phi) is 6.11. The highest BCUT2D eigenvalue weighted by Crippen LogP contribution is 2.33. The number of hydrogen-bond acceptors (Lipinski definition) is 8. The van der Waals surface area contributed by atoms with Gasteiger partial charge in [-0.25, -0.2) is 27.2 Å². The Balaban J connectivity index is 1.51. The van der Waals surface area contributed by atoms with Gasteiger partial charge in [-0.15, -0.1) is 0 Å². The minimum absolute atomic E-state index is 0.0439. The van der Waals surface area contributed by atoms with E-state index < -0.39 is 21.5 Å². The number of aliphatic hydroxyl groups is 1. The zero-order chi connectivity index (χ0) is 23.9. The van der Waals surface area contributed by atoms with Gasteiger partial charge in [0.2, 0.25) is 11.9 Å². The molecule has 1 saturated heterocycles. The van der Waals surface area contributed by atoms with Crippen LogP contribution in [0.5, 0.6) is 0 Å². The van der Waals surface area contributed by atoms with E-state index in [1.807, 2.05) is 0 Å². The molecule has 3 heterocycles. The number of fused-ring (bicyclic) bond motifs is 1. The standard InChI is InChI=1S/C22H26F2N6O3S/c23-13-1-6-18(17(24)11-13)27-22-28-19-12-25-21(26-14-2-4-16(31)5-3-14)29-20(19)30(22)15-7-9-34(32,33)10-8-15/h1,6,11-12,14-16,31H,2-5,7-10H2,(H,27,28)(H,25,26,29)/t14-,16-. The van der Waals surface area contributed by atoms with Crippen LogP contribution in [0, 0.1) is 11.6 Å². The smallest absolute Gasteiger partial charge is 0.224 e. The number of aromatic nitrogens is 4. The molecule has 0 unspecified atom stereocenters. The average molecular weight is 493 g/mol. The van der Waals surface area contributed by atoms with Crippen LogP contribution in [0.15, 0.2) is 24.4 Å². The molecule has 1 aromatic carbocycles. The molecule has 0 amide bonds. The van der Waals surface area contributed by atoms with Crippen LogP contribution in [0.3, 0.4) is 0 Å². The minimum Gasteiger partial charge on any atom is -0.393 e. The number of benzene rings is 1. The second kappa shape index (κ2) is 9.06. The summed E-state index contributed by atoms with van der Waals surface area (Å²) in [6, 6.07) is 3.14. The summed E-state index contributed by atoms with van der Waals surface area (Å²) in [7, 11) is -3.10. The number of hydrogen-bond donors (Lipinski definition) is 3. The molecule has 1 aliphatic carbocycles. The molecule has 0 bridgehead atoms. The van der Waals surface area contributed by atoms with E-state index in [0.29, 0.717) is 42.8 Å². The van der Waals surface area contributed by atoms with Crippen LogP contribution in [0.1, 0.15) is 44.6 Å². The Morgan fingerprint density at radius 3 is 2.47 bits per heavy atom. The van der Waals surface area contributed by atoms with Crippen LogP contribution < -0.4 is 10.6 Å². The van der Waals surface area contributed by atoms with E-state index in [-0.39, 0.29) is 41.3 Å². The molecular weight excluding hydrogens is 466 g/mol. The molecule has 182 valence electrons. The Bertz CT molecular complexity index is 1290. The Labute approximate surface area is 195 Å². The van der Waals surface area contributed by atoms with Gasteiger partial charge in [-0.3, -0.25) is 4.57 Å². The van der Waals surface area contributed by atoms with Gasteiger partial charge in [-0.2, -0.15) is 4.98 Å². The normalized spacial score (nSPS) is 23.1. The highest BCUT2D eigenvalue weighted by molar-refractivity contribution is 7.91. The van der Waals surface area contributed by atoms with Gasteiger partial charge in [0.15, 0.2) is 5.65 Å². The Morgan fingerprint density at radius 1 is 1.03 bits per heavy atom. The van der Waals surface area contributed by atoms with Crippen molar-refractivity contribution in [3.05, 3.63) is 36.0 Å². The maximum atomic E-state index is 14.3. The van der Waals surface area contributed by atoms with E-state index in [1.165, 1.54) is 6.07 Å². The van der Waals surface area contributed by atoms with Gasteiger partial charge >= 0.3 is 0 Å². The van der Waals surface area contributed by atoms with Gasteiger partial charge < -0.3 is 15.7 Å². The third-order valence-electron chi connectivity index (χ3n) is 6.53. The summed E-state index contributed by atoms with van der Waals surface area (Å²) >= 11 is 0. The van der Waals surface area contributed by atoms with Gasteiger partial charge in [0, 0.05) is 18.2 Å². The molecule has 9 nitrogen and oxygen atoms in total. The summed E-state index contributed by atoms with van der Waals surface area (Å²) in [5.41, 5.74) is 1.03. The number of rotatable bonds is 5. The van der Waals surface area contributed by atoms with Crippen molar-refractivity contribution < 1.29 is 22.3 Å². The third-order valence-corrected chi connectivity index (χ3v) is 8.25. The second-order valence-electron chi connectivity index (χ2n) is 8.99. The number of sulfone groups is 1. The summed E-state index contributed by atoms with van der Waals surface area (Å²) in [6.07, 6.45) is 5.09. The lowest BCUT2D eigenvalue weighted by molar-refractivity contribution is 0.126. The molecule has 3 N–H and O–H groups in total. The van der Waals surface area contributed by atoms with Gasteiger partial charge in [0.25, 0.3) is 0 Å². The molecule has 5 rings (SSSR count). The molecule has 0 spiro atoms. The maximum absolute atomic E-state index is 14.3. The van der Waals surface area contributed by atoms with Crippen molar-refractivity contribution in [1.82, 2.24) is 19.5 Å². The summed E-state index contributed by atoms with van der Waals surface area (Å²) < 4.78 is 53.5. The molecule has 1 saturated carbocycles. The molecule has 0 atom stereocenters. The lowest BCUT2D eigenvalue weighted by Crippen LogP contribution is -2.29. The van der Waals surface area contributed by atoms with E-state index in [4.69, 9.17) is 0 Å². The van der Waals surface area contributed by atoms with Crippen molar-refractivity contribution in [2.24, 2.45) is 0 Å². The zero-order valence-electron chi connectivity index (χ0n) is 18.4. The van der Waals surface area contributed by atoms with Crippen LogP contribution in [0.4, 0.5) is 26.4 Å². The van der Waals surface area contributed by atoms with Crippen molar-refractivity contribution in [3.63, 3.8) is 0 Å². The lowest BCUT2D eigenvalue weighted by Gasteiger charge is -2.26. The van der Waals surface area contributed by atoms with Gasteiger partial charge in [0.1, 0.15) is 27.0 Å². The lowest BCUT2D eigenvalue weighted by atomic mass is 9.93. The molecule has 1 aliphatic heterocycles. The summed E-state index contributed by atoms with van der Waals surface area (Å²) in [5.74, 6) is -0.663. The Hall–Kier alpha value is -2.86. The summed E-state index contributed by atoms with van der Waals surface area (Å²) in [6.45, 7) is 0. The van der Waals surface area contributed by atoms with Crippen molar-refractivity contribution in [2.45, 2.75) is 56.7 Å². The number of nitrogens with one attached hydrogen (secondary N) is 2. The molecular formula is C22H26F2N6O3S. The second-order valence-corrected chi connectivity index (χ2v) is 11.3. The topological polar surface area (TPSA) is 122 Å². The van der Waals surface area contributed by atoms with E-state index in [0.717, 1.165) is 25.0 Å². The van der Waals surface area contributed by atoms with Crippen molar-refractivity contribution in [3.8, 4) is 0 Å². The SMILES string of the molecule is O=S1(=O)CCC(n2c(Nc3ccc(F)cc3F)nc3cnc(N[C@H]4CC[C@H](O)CC4)nc32)CC1. The maximum Gasteiger partial charge on any atom is 0.224 e. The van der Waals surface area contributed by atoms with Gasteiger partial charge in [-0.1, -0.05) is 0 Å². The van der Waals surface area contributed by atoms with Crippen LogP contribution in [-0.2, 0) is 9.84 Å². The predicted octanol–water partition coefficient (Wildman–Crippen LogP) is 3.31. The first-order valence-electron chi connectivity index (χ1n) is 11.4. The van der Waals surface area contributed by atoms with Crippen LogP contribution in [0.2, 0.25) is 0 Å².